The number of hydrogen-bond donors (Lipinski definition) is 6. The molecule has 6 rings (SSSR count). The predicted molar refractivity (Wildman–Crippen MR) is 157 cm³/mol. The van der Waals surface area contributed by atoms with Crippen molar-refractivity contribution in [3.8, 4) is 0 Å². The zero-order valence-corrected chi connectivity index (χ0v) is 23.2. The second-order valence-electron chi connectivity index (χ2n) is 6.98. The summed E-state index contributed by atoms with van der Waals surface area (Å²) < 4.78 is 0. The summed E-state index contributed by atoms with van der Waals surface area (Å²) in [5.74, 6) is 0. The monoisotopic (exact) mass is 578 g/mol. The van der Waals surface area contributed by atoms with Crippen LogP contribution in [0.4, 0.5) is 0 Å². The van der Waals surface area contributed by atoms with Gasteiger partial charge in [-0.15, -0.1) is 0 Å². The molecule has 8 nitrogen and oxygen atoms in total. The molecule has 1 aromatic carbocycles. The van der Waals surface area contributed by atoms with Gasteiger partial charge in [-0.3, -0.25) is 0 Å². The summed E-state index contributed by atoms with van der Waals surface area (Å²) in [6.07, 6.45) is 8.05. The van der Waals surface area contributed by atoms with E-state index in [1.165, 1.54) is 0 Å². The standard InChI is InChI=1S/C20H14N4.C6H5.4CH4O.Cu/c1-2-14-10-16-5-6-18(23-16)12-20-8-7-19(24-20)11-17-4-3-15(22-17)9-13(1)21-14;1-2-4-6-5-3-1;4*1-2;/h1-12,21-22H;1-5H;4*2H,1H3;/q;-1;;;;;+1. The number of hydrogen-bond acceptors (Lipinski definition) is 6. The van der Waals surface area contributed by atoms with Crippen LogP contribution in [0.2, 0.25) is 0 Å². The SMILES string of the molecule is C1=Cc2cc3ccc(cc4ccc(cc5nc(cc1n2)C=C5)[nH]4)[nH]3.CO.CO.CO.CO.[Cu+].[c-]1ccccc1. The summed E-state index contributed by atoms with van der Waals surface area (Å²) in [6, 6.07) is 28.9. The minimum absolute atomic E-state index is 0. The molecule has 210 valence electrons. The van der Waals surface area contributed by atoms with Crippen molar-refractivity contribution in [2.24, 2.45) is 0 Å². The molecule has 0 saturated carbocycles. The third-order valence-electron chi connectivity index (χ3n) is 4.65. The minimum Gasteiger partial charge on any atom is -0.400 e. The summed E-state index contributed by atoms with van der Waals surface area (Å²) >= 11 is 0. The molecule has 2 aliphatic rings. The second kappa shape index (κ2) is 21.1. The first-order chi connectivity index (χ1) is 18.8. The Morgan fingerprint density at radius 1 is 0.487 bits per heavy atom. The first kappa shape index (κ1) is 35.2. The van der Waals surface area contributed by atoms with Crippen molar-refractivity contribution in [1.29, 1.82) is 0 Å². The number of aromatic amines is 2. The first-order valence-corrected chi connectivity index (χ1v) is 11.5. The Balaban J connectivity index is 0.000000820. The molecular formula is C30H35CuN4O4. The molecule has 0 atom stereocenters. The molecule has 6 N–H and O–H groups in total. The van der Waals surface area contributed by atoms with Gasteiger partial charge in [-0.05, 0) is 72.8 Å². The Labute approximate surface area is 239 Å². The first-order valence-electron chi connectivity index (χ1n) is 11.5. The van der Waals surface area contributed by atoms with E-state index in [0.29, 0.717) is 0 Å². The van der Waals surface area contributed by atoms with Crippen molar-refractivity contribution in [2.75, 3.05) is 28.4 Å². The normalized spacial score (nSPS) is 9.64. The number of rotatable bonds is 0. The minimum atomic E-state index is 0. The van der Waals surface area contributed by atoms with Gasteiger partial charge in [0.05, 0.1) is 22.8 Å². The van der Waals surface area contributed by atoms with Crippen molar-refractivity contribution < 1.29 is 37.5 Å². The van der Waals surface area contributed by atoms with Crippen molar-refractivity contribution in [2.45, 2.75) is 0 Å². The molecule has 3 aromatic heterocycles. The number of nitrogens with zero attached hydrogens (tertiary/aromatic N) is 2. The van der Waals surface area contributed by atoms with Crippen LogP contribution in [-0.4, -0.2) is 68.8 Å². The van der Waals surface area contributed by atoms with Gasteiger partial charge in [0.2, 0.25) is 0 Å². The Morgan fingerprint density at radius 2 is 0.821 bits per heavy atom. The number of aliphatic hydroxyl groups excluding tert-OH is 4. The molecule has 0 fully saturated rings. The van der Waals surface area contributed by atoms with Crippen LogP contribution in [0.5, 0.6) is 0 Å². The summed E-state index contributed by atoms with van der Waals surface area (Å²) in [5.41, 5.74) is 7.86. The number of fused-ring (bicyclic) bond motifs is 8. The van der Waals surface area contributed by atoms with Crippen LogP contribution in [0.15, 0.2) is 78.9 Å². The number of aliphatic hydroxyl groups is 4. The topological polar surface area (TPSA) is 138 Å². The van der Waals surface area contributed by atoms with Gasteiger partial charge in [-0.2, -0.15) is 36.4 Å². The Morgan fingerprint density at radius 3 is 1.13 bits per heavy atom. The zero-order valence-electron chi connectivity index (χ0n) is 22.3. The average molecular weight is 579 g/mol. The largest absolute Gasteiger partial charge is 1.00 e. The van der Waals surface area contributed by atoms with Crippen LogP contribution in [-0.2, 0) is 17.1 Å². The number of H-pyrrole nitrogens is 2. The third kappa shape index (κ3) is 12.1. The fraction of sp³-hybridized carbons (Fsp3) is 0.133. The van der Waals surface area contributed by atoms with E-state index < -0.39 is 0 Å². The molecule has 9 heteroatoms. The van der Waals surface area contributed by atoms with Crippen molar-refractivity contribution in [3.63, 3.8) is 0 Å². The van der Waals surface area contributed by atoms with Gasteiger partial charge in [0.15, 0.2) is 0 Å². The van der Waals surface area contributed by atoms with Crippen LogP contribution in [0, 0.1) is 6.07 Å². The molecule has 0 amide bonds. The fourth-order valence-electron chi connectivity index (χ4n) is 3.29. The molecule has 0 radical (unpaired) electrons. The van der Waals surface area contributed by atoms with E-state index in [1.54, 1.807) is 0 Å². The van der Waals surface area contributed by atoms with Gasteiger partial charge in [0, 0.05) is 50.5 Å². The van der Waals surface area contributed by atoms with E-state index in [1.807, 2.05) is 72.8 Å². The van der Waals surface area contributed by atoms with Gasteiger partial charge >= 0.3 is 17.1 Å². The summed E-state index contributed by atoms with van der Waals surface area (Å²) in [6.45, 7) is 0. The molecule has 5 heterocycles. The molecule has 8 bridgehead atoms. The van der Waals surface area contributed by atoms with Crippen LogP contribution in [0.1, 0.15) is 22.8 Å². The molecule has 2 aliphatic heterocycles. The van der Waals surface area contributed by atoms with E-state index in [4.69, 9.17) is 20.4 Å². The number of aromatic nitrogens is 4. The molecule has 39 heavy (non-hydrogen) atoms. The number of nitrogens with one attached hydrogen (secondary N) is 2. The van der Waals surface area contributed by atoms with Gasteiger partial charge in [-0.25, -0.2) is 9.97 Å². The average Bonchev–Trinajstić information content (AvgIpc) is 3.81. The van der Waals surface area contributed by atoms with Crippen molar-refractivity contribution in [3.05, 3.63) is 108 Å². The van der Waals surface area contributed by atoms with E-state index >= 15 is 0 Å². The Hall–Kier alpha value is -3.82. The summed E-state index contributed by atoms with van der Waals surface area (Å²) in [4.78, 5) is 16.0. The molecular weight excluding hydrogens is 544 g/mol. The van der Waals surface area contributed by atoms with Gasteiger partial charge in [0.1, 0.15) is 0 Å². The second-order valence-corrected chi connectivity index (χ2v) is 6.98. The van der Waals surface area contributed by atoms with E-state index in [2.05, 4.69) is 56.3 Å². The maximum absolute atomic E-state index is 7.00. The van der Waals surface area contributed by atoms with Crippen molar-refractivity contribution in [1.82, 2.24) is 19.9 Å². The molecule has 0 unspecified atom stereocenters. The smallest absolute Gasteiger partial charge is 0.400 e. The van der Waals surface area contributed by atoms with E-state index in [9.17, 15) is 0 Å². The van der Waals surface area contributed by atoms with Gasteiger partial charge in [-0.1, -0.05) is 0 Å². The van der Waals surface area contributed by atoms with Gasteiger partial charge in [0.25, 0.3) is 0 Å². The molecule has 0 spiro atoms. The molecule has 4 aromatic rings. The van der Waals surface area contributed by atoms with Crippen LogP contribution in [0.25, 0.3) is 46.4 Å². The van der Waals surface area contributed by atoms with E-state index in [-0.39, 0.29) is 17.1 Å². The molecule has 0 aliphatic carbocycles. The Bertz CT molecular complexity index is 1300. The summed E-state index contributed by atoms with van der Waals surface area (Å²) in [5, 5.41) is 28.0. The maximum atomic E-state index is 7.00. The van der Waals surface area contributed by atoms with Crippen LogP contribution < -0.4 is 0 Å². The quantitative estimate of drug-likeness (QED) is 0.115. The van der Waals surface area contributed by atoms with Crippen molar-refractivity contribution >= 4 is 46.4 Å². The third-order valence-corrected chi connectivity index (χ3v) is 4.65. The molecule has 0 saturated heterocycles. The zero-order chi connectivity index (χ0) is 28.2. The van der Waals surface area contributed by atoms with Crippen LogP contribution in [0.3, 0.4) is 0 Å². The number of benzene rings is 1. The predicted octanol–water partition coefficient (Wildman–Crippen LogP) is 4.57. The Kier molecular flexibility index (Phi) is 19.1. The van der Waals surface area contributed by atoms with E-state index in [0.717, 1.165) is 73.3 Å². The van der Waals surface area contributed by atoms with Crippen LogP contribution >= 0.6 is 0 Å². The maximum Gasteiger partial charge on any atom is 1.00 e. The van der Waals surface area contributed by atoms with Gasteiger partial charge < -0.3 is 30.4 Å². The summed E-state index contributed by atoms with van der Waals surface area (Å²) in [7, 11) is 4.00. The fourth-order valence-corrected chi connectivity index (χ4v) is 3.29.